The Kier molecular flexibility index (Phi) is 7.09. The maximum Gasteiger partial charge on any atom is 0.312 e. The van der Waals surface area contributed by atoms with Crippen molar-refractivity contribution in [2.45, 2.75) is 26.4 Å². The van der Waals surface area contributed by atoms with Gasteiger partial charge in [-0.1, -0.05) is 12.1 Å². The first-order valence-electron chi connectivity index (χ1n) is 10.1. The van der Waals surface area contributed by atoms with Gasteiger partial charge in [-0.3, -0.25) is 19.2 Å². The lowest BCUT2D eigenvalue weighted by Gasteiger charge is -2.20. The van der Waals surface area contributed by atoms with Gasteiger partial charge in [-0.05, 0) is 43.3 Å². The molecule has 0 aliphatic carbocycles. The molecule has 3 rings (SSSR count). The minimum atomic E-state index is -1.05. The van der Waals surface area contributed by atoms with Crippen LogP contribution in [0.5, 0.6) is 5.75 Å². The van der Waals surface area contributed by atoms with Crippen LogP contribution in [0.1, 0.15) is 20.3 Å². The summed E-state index contributed by atoms with van der Waals surface area (Å²) in [5.74, 6) is -1.67. The van der Waals surface area contributed by atoms with E-state index < -0.39 is 23.9 Å². The predicted molar refractivity (Wildman–Crippen MR) is 118 cm³/mol. The van der Waals surface area contributed by atoms with Crippen molar-refractivity contribution in [1.82, 2.24) is 0 Å². The van der Waals surface area contributed by atoms with Crippen LogP contribution in [-0.2, 0) is 23.9 Å². The van der Waals surface area contributed by atoms with Crippen LogP contribution in [0.4, 0.5) is 17.1 Å². The standard InChI is InChI=1S/C23H25N3O6/c1-14(22(29)25-18-10-8-17(9-11-18)24-15(2)27)32-23(30)16-12-21(28)26(13-16)19-6-4-5-7-20(19)31-3/h4-11,14,16H,12-13H2,1-3H3,(H,24,27)(H,25,29). The normalized spacial score (nSPS) is 16.3. The number of nitrogens with one attached hydrogen (secondary N) is 2. The van der Waals surface area contributed by atoms with Crippen molar-refractivity contribution in [2.75, 3.05) is 29.2 Å². The molecule has 0 aromatic heterocycles. The number of hydrogen-bond donors (Lipinski definition) is 2. The molecular formula is C23H25N3O6. The molecule has 2 aromatic rings. The number of para-hydroxylation sites is 2. The molecule has 2 unspecified atom stereocenters. The molecule has 0 radical (unpaired) electrons. The first-order chi connectivity index (χ1) is 15.3. The molecule has 32 heavy (non-hydrogen) atoms. The first-order valence-corrected chi connectivity index (χ1v) is 10.1. The second-order valence-electron chi connectivity index (χ2n) is 7.40. The van der Waals surface area contributed by atoms with E-state index in [1.54, 1.807) is 48.5 Å². The summed E-state index contributed by atoms with van der Waals surface area (Å²) in [4.78, 5) is 50.0. The van der Waals surface area contributed by atoms with Gasteiger partial charge in [0.1, 0.15) is 5.75 Å². The number of methoxy groups -OCH3 is 1. The van der Waals surface area contributed by atoms with Crippen molar-refractivity contribution in [3.63, 3.8) is 0 Å². The van der Waals surface area contributed by atoms with Gasteiger partial charge < -0.3 is 25.0 Å². The fourth-order valence-corrected chi connectivity index (χ4v) is 3.36. The lowest BCUT2D eigenvalue weighted by atomic mass is 10.1. The number of nitrogens with zero attached hydrogens (tertiary/aromatic N) is 1. The molecule has 2 atom stereocenters. The monoisotopic (exact) mass is 439 g/mol. The maximum atomic E-state index is 12.6. The Morgan fingerprint density at radius 2 is 1.66 bits per heavy atom. The van der Waals surface area contributed by atoms with Crippen molar-refractivity contribution >= 4 is 40.8 Å². The van der Waals surface area contributed by atoms with Crippen LogP contribution in [0.15, 0.2) is 48.5 Å². The second kappa shape index (κ2) is 9.95. The quantitative estimate of drug-likeness (QED) is 0.641. The first kappa shape index (κ1) is 22.8. The Balaban J connectivity index is 1.56. The highest BCUT2D eigenvalue weighted by Gasteiger charge is 2.38. The summed E-state index contributed by atoms with van der Waals surface area (Å²) in [6.45, 7) is 3.02. The van der Waals surface area contributed by atoms with Crippen molar-refractivity contribution < 1.29 is 28.7 Å². The molecule has 1 saturated heterocycles. The van der Waals surface area contributed by atoms with Crippen LogP contribution in [0, 0.1) is 5.92 Å². The van der Waals surface area contributed by atoms with Crippen LogP contribution >= 0.6 is 0 Å². The summed E-state index contributed by atoms with van der Waals surface area (Å²) in [7, 11) is 1.51. The van der Waals surface area contributed by atoms with E-state index in [1.807, 2.05) is 0 Å². The number of carbonyl (C=O) groups excluding carboxylic acids is 4. The van der Waals surface area contributed by atoms with E-state index in [2.05, 4.69) is 10.6 Å². The number of carbonyl (C=O) groups is 4. The average Bonchev–Trinajstić information content (AvgIpc) is 3.16. The SMILES string of the molecule is COc1ccccc1N1CC(C(=O)OC(C)C(=O)Nc2ccc(NC(C)=O)cc2)CC1=O. The van der Waals surface area contributed by atoms with Crippen molar-refractivity contribution in [3.8, 4) is 5.75 Å². The number of benzene rings is 2. The molecule has 1 aliphatic rings. The van der Waals surface area contributed by atoms with Gasteiger partial charge in [-0.25, -0.2) is 0 Å². The predicted octanol–water partition coefficient (Wildman–Crippen LogP) is 2.58. The van der Waals surface area contributed by atoms with Gasteiger partial charge >= 0.3 is 5.97 Å². The van der Waals surface area contributed by atoms with Gasteiger partial charge in [-0.15, -0.1) is 0 Å². The summed E-state index contributed by atoms with van der Waals surface area (Å²) in [6.07, 6.45) is -1.05. The second-order valence-corrected chi connectivity index (χ2v) is 7.40. The average molecular weight is 439 g/mol. The topological polar surface area (TPSA) is 114 Å². The molecule has 2 N–H and O–H groups in total. The highest BCUT2D eigenvalue weighted by atomic mass is 16.5. The van der Waals surface area contributed by atoms with Crippen LogP contribution in [0.2, 0.25) is 0 Å². The summed E-state index contributed by atoms with van der Waals surface area (Å²) >= 11 is 0. The van der Waals surface area contributed by atoms with E-state index >= 15 is 0 Å². The van der Waals surface area contributed by atoms with E-state index in [4.69, 9.17) is 9.47 Å². The Labute approximate surface area is 185 Å². The van der Waals surface area contributed by atoms with Gasteiger partial charge in [0.25, 0.3) is 5.91 Å². The molecule has 0 bridgehead atoms. The fourth-order valence-electron chi connectivity index (χ4n) is 3.36. The van der Waals surface area contributed by atoms with Crippen LogP contribution in [0.3, 0.4) is 0 Å². The zero-order valence-corrected chi connectivity index (χ0v) is 18.1. The van der Waals surface area contributed by atoms with Crippen LogP contribution in [0.25, 0.3) is 0 Å². The number of anilines is 3. The third kappa shape index (κ3) is 5.42. The summed E-state index contributed by atoms with van der Waals surface area (Å²) < 4.78 is 10.6. The zero-order chi connectivity index (χ0) is 23.3. The number of hydrogen-bond acceptors (Lipinski definition) is 6. The van der Waals surface area contributed by atoms with Gasteiger partial charge in [0.15, 0.2) is 6.10 Å². The van der Waals surface area contributed by atoms with Crippen LogP contribution in [-0.4, -0.2) is 43.4 Å². The number of ether oxygens (including phenoxy) is 2. The molecule has 3 amide bonds. The molecule has 1 aliphatic heterocycles. The molecule has 168 valence electrons. The van der Waals surface area contributed by atoms with Crippen LogP contribution < -0.4 is 20.3 Å². The van der Waals surface area contributed by atoms with Crippen molar-refractivity contribution in [3.05, 3.63) is 48.5 Å². The van der Waals surface area contributed by atoms with E-state index in [0.29, 0.717) is 22.8 Å². The Hall–Kier alpha value is -3.88. The lowest BCUT2D eigenvalue weighted by Crippen LogP contribution is -2.33. The Morgan fingerprint density at radius 3 is 2.28 bits per heavy atom. The minimum absolute atomic E-state index is 0.00414. The Morgan fingerprint density at radius 1 is 1.03 bits per heavy atom. The third-order valence-electron chi connectivity index (χ3n) is 4.97. The highest BCUT2D eigenvalue weighted by molar-refractivity contribution is 6.01. The van der Waals surface area contributed by atoms with Gasteiger partial charge in [-0.2, -0.15) is 0 Å². The van der Waals surface area contributed by atoms with E-state index in [0.717, 1.165) is 0 Å². The minimum Gasteiger partial charge on any atom is -0.495 e. The van der Waals surface area contributed by atoms with Gasteiger partial charge in [0.2, 0.25) is 11.8 Å². The molecular weight excluding hydrogens is 414 g/mol. The van der Waals surface area contributed by atoms with E-state index in [-0.39, 0.29) is 24.8 Å². The molecule has 0 saturated carbocycles. The van der Waals surface area contributed by atoms with Crippen molar-refractivity contribution in [2.24, 2.45) is 5.92 Å². The highest BCUT2D eigenvalue weighted by Crippen LogP contribution is 2.33. The third-order valence-corrected chi connectivity index (χ3v) is 4.97. The van der Waals surface area contributed by atoms with E-state index in [1.165, 1.54) is 25.9 Å². The Bertz CT molecular complexity index is 1020. The zero-order valence-electron chi connectivity index (χ0n) is 18.1. The number of amides is 3. The molecule has 1 fully saturated rings. The van der Waals surface area contributed by atoms with Gasteiger partial charge in [0, 0.05) is 31.3 Å². The van der Waals surface area contributed by atoms with Gasteiger partial charge in [0.05, 0.1) is 18.7 Å². The largest absolute Gasteiger partial charge is 0.495 e. The fraction of sp³-hybridized carbons (Fsp3) is 0.304. The molecule has 2 aromatic carbocycles. The smallest absolute Gasteiger partial charge is 0.312 e. The number of rotatable bonds is 7. The lowest BCUT2D eigenvalue weighted by molar-refractivity contribution is -0.157. The summed E-state index contributed by atoms with van der Waals surface area (Å²) in [5.41, 5.74) is 1.68. The molecule has 0 spiro atoms. The maximum absolute atomic E-state index is 12.6. The summed E-state index contributed by atoms with van der Waals surface area (Å²) in [6, 6.07) is 13.6. The van der Waals surface area contributed by atoms with Crippen molar-refractivity contribution in [1.29, 1.82) is 0 Å². The molecule has 1 heterocycles. The van der Waals surface area contributed by atoms with E-state index in [9.17, 15) is 19.2 Å². The summed E-state index contributed by atoms with van der Waals surface area (Å²) in [5, 5.41) is 5.29. The molecule has 9 nitrogen and oxygen atoms in total. The molecule has 9 heteroatoms. The number of esters is 1.